The third kappa shape index (κ3) is 5.30. The molecule has 0 unspecified atom stereocenters. The maximum atomic E-state index is 10.7. The fourth-order valence-electron chi connectivity index (χ4n) is 1.39. The van der Waals surface area contributed by atoms with Gasteiger partial charge in [-0.15, -0.1) is 0 Å². The molecule has 4 nitrogen and oxygen atoms in total. The Bertz CT molecular complexity index is 457. The molecule has 0 bridgehead atoms. The first-order valence-electron chi connectivity index (χ1n) is 5.60. The summed E-state index contributed by atoms with van der Waals surface area (Å²) in [6, 6.07) is 7.17. The average molecular weight is 248 g/mol. The Labute approximate surface area is 106 Å². The number of hydrogen-bond acceptors (Lipinski definition) is 4. The van der Waals surface area contributed by atoms with Crippen LogP contribution in [0.5, 0.6) is 5.75 Å². The Balaban J connectivity index is 2.58. The van der Waals surface area contributed by atoms with Crippen molar-refractivity contribution in [3.8, 4) is 5.75 Å². The predicted molar refractivity (Wildman–Crippen MR) is 67.0 cm³/mol. The molecular weight excluding hydrogens is 232 g/mol. The normalized spacial score (nSPS) is 10.9. The van der Waals surface area contributed by atoms with Crippen LogP contribution in [0, 0.1) is 0 Å². The second-order valence-corrected chi connectivity index (χ2v) is 3.85. The molecule has 96 valence electrons. The maximum absolute atomic E-state index is 10.7. The van der Waals surface area contributed by atoms with Gasteiger partial charge in [-0.3, -0.25) is 9.59 Å². The van der Waals surface area contributed by atoms with Crippen molar-refractivity contribution in [1.29, 1.82) is 0 Å². The summed E-state index contributed by atoms with van der Waals surface area (Å²) in [5.74, 6) is 0.431. The Morgan fingerprint density at radius 1 is 1.06 bits per heavy atom. The summed E-state index contributed by atoms with van der Waals surface area (Å²) in [6.07, 6.45) is 2.47. The van der Waals surface area contributed by atoms with Gasteiger partial charge in [0.25, 0.3) is 0 Å². The lowest BCUT2D eigenvalue weighted by Gasteiger charge is -2.03. The molecule has 0 aliphatic carbocycles. The molecule has 0 amide bonds. The Morgan fingerprint density at radius 2 is 1.67 bits per heavy atom. The van der Waals surface area contributed by atoms with Crippen molar-refractivity contribution in [2.24, 2.45) is 0 Å². The predicted octanol–water partition coefficient (Wildman–Crippen LogP) is 2.62. The van der Waals surface area contributed by atoms with Crippen molar-refractivity contribution < 1.29 is 19.1 Å². The van der Waals surface area contributed by atoms with Crippen LogP contribution in [0.4, 0.5) is 0 Å². The quantitative estimate of drug-likeness (QED) is 0.467. The van der Waals surface area contributed by atoms with Gasteiger partial charge in [0.15, 0.2) is 0 Å². The molecule has 1 aromatic rings. The van der Waals surface area contributed by atoms with E-state index in [1.54, 1.807) is 19.1 Å². The number of carbonyl (C=O) groups is 2. The lowest BCUT2D eigenvalue weighted by molar-refractivity contribution is -0.136. The molecule has 0 aliphatic heterocycles. The largest absolute Gasteiger partial charge is 0.432 e. The highest BCUT2D eigenvalue weighted by Gasteiger charge is 1.99. The van der Waals surface area contributed by atoms with E-state index in [2.05, 4.69) is 0 Å². The fourth-order valence-corrected chi connectivity index (χ4v) is 1.39. The van der Waals surface area contributed by atoms with Crippen molar-refractivity contribution in [2.45, 2.75) is 27.2 Å². The molecule has 0 fully saturated rings. The highest BCUT2D eigenvalue weighted by molar-refractivity contribution is 5.69. The SMILES string of the molecule is CC(=O)O/C(C)=C\Cc1ccc(OC(C)=O)cc1. The van der Waals surface area contributed by atoms with Crippen LogP contribution in [-0.4, -0.2) is 11.9 Å². The molecule has 0 spiro atoms. The van der Waals surface area contributed by atoms with E-state index >= 15 is 0 Å². The minimum atomic E-state index is -0.339. The zero-order valence-electron chi connectivity index (χ0n) is 10.7. The van der Waals surface area contributed by atoms with Gasteiger partial charge in [-0.25, -0.2) is 0 Å². The molecule has 0 N–H and O–H groups in total. The van der Waals surface area contributed by atoms with E-state index in [4.69, 9.17) is 9.47 Å². The van der Waals surface area contributed by atoms with Crippen LogP contribution >= 0.6 is 0 Å². The van der Waals surface area contributed by atoms with Crippen LogP contribution in [0.3, 0.4) is 0 Å². The molecule has 4 heteroatoms. The van der Waals surface area contributed by atoms with E-state index in [0.29, 0.717) is 17.9 Å². The maximum Gasteiger partial charge on any atom is 0.308 e. The third-order valence-corrected chi connectivity index (χ3v) is 2.11. The zero-order valence-corrected chi connectivity index (χ0v) is 10.7. The molecule has 0 atom stereocenters. The van der Waals surface area contributed by atoms with Crippen LogP contribution in [0.1, 0.15) is 26.3 Å². The standard InChI is InChI=1S/C14H16O4/c1-10(17-11(2)15)4-5-13-6-8-14(9-7-13)18-12(3)16/h4,6-9H,5H2,1-3H3/b10-4-. The van der Waals surface area contributed by atoms with Gasteiger partial charge >= 0.3 is 11.9 Å². The van der Waals surface area contributed by atoms with E-state index in [0.717, 1.165) is 5.56 Å². The van der Waals surface area contributed by atoms with Gasteiger partial charge in [-0.1, -0.05) is 12.1 Å². The van der Waals surface area contributed by atoms with Crippen molar-refractivity contribution in [2.75, 3.05) is 0 Å². The van der Waals surface area contributed by atoms with E-state index in [1.165, 1.54) is 13.8 Å². The molecule has 0 aromatic heterocycles. The van der Waals surface area contributed by atoms with Crippen LogP contribution in [0.15, 0.2) is 36.1 Å². The summed E-state index contributed by atoms with van der Waals surface area (Å²) >= 11 is 0. The smallest absolute Gasteiger partial charge is 0.308 e. The summed E-state index contributed by atoms with van der Waals surface area (Å²) in [5, 5.41) is 0. The molecule has 0 saturated heterocycles. The number of hydrogen-bond donors (Lipinski definition) is 0. The lowest BCUT2D eigenvalue weighted by Crippen LogP contribution is -2.01. The summed E-state index contributed by atoms with van der Waals surface area (Å²) in [5.41, 5.74) is 1.04. The first-order chi connectivity index (χ1) is 8.47. The molecule has 1 aromatic carbocycles. The van der Waals surface area contributed by atoms with E-state index < -0.39 is 0 Å². The number of carbonyl (C=O) groups excluding carboxylic acids is 2. The molecule has 0 aliphatic rings. The minimum absolute atomic E-state index is 0.325. The topological polar surface area (TPSA) is 52.6 Å². The van der Waals surface area contributed by atoms with Gasteiger partial charge in [-0.05, 0) is 37.1 Å². The molecule has 0 radical (unpaired) electrons. The van der Waals surface area contributed by atoms with Crippen LogP contribution in [0.25, 0.3) is 0 Å². The number of allylic oxidation sites excluding steroid dienone is 2. The highest BCUT2D eigenvalue weighted by atomic mass is 16.5. The molecular formula is C14H16O4. The molecule has 18 heavy (non-hydrogen) atoms. The third-order valence-electron chi connectivity index (χ3n) is 2.11. The number of benzene rings is 1. The van der Waals surface area contributed by atoms with Gasteiger partial charge in [0.05, 0.1) is 0 Å². The molecule has 1 rings (SSSR count). The molecule has 0 heterocycles. The Kier molecular flexibility index (Phi) is 5.11. The van der Waals surface area contributed by atoms with Crippen molar-refractivity contribution in [3.63, 3.8) is 0 Å². The van der Waals surface area contributed by atoms with E-state index in [-0.39, 0.29) is 11.9 Å². The van der Waals surface area contributed by atoms with Gasteiger partial charge in [0, 0.05) is 13.8 Å². The van der Waals surface area contributed by atoms with Gasteiger partial charge < -0.3 is 9.47 Å². The summed E-state index contributed by atoms with van der Waals surface area (Å²) in [4.78, 5) is 21.4. The minimum Gasteiger partial charge on any atom is -0.432 e. The summed E-state index contributed by atoms with van der Waals surface area (Å²) in [7, 11) is 0. The lowest BCUT2D eigenvalue weighted by atomic mass is 10.1. The number of ether oxygens (including phenoxy) is 2. The van der Waals surface area contributed by atoms with Gasteiger partial charge in [0.2, 0.25) is 0 Å². The summed E-state index contributed by atoms with van der Waals surface area (Å²) < 4.78 is 9.82. The average Bonchev–Trinajstić information content (AvgIpc) is 2.26. The zero-order chi connectivity index (χ0) is 13.5. The molecule has 0 saturated carbocycles. The first kappa shape index (κ1) is 14.0. The fraction of sp³-hybridized carbons (Fsp3) is 0.286. The Hall–Kier alpha value is -2.10. The van der Waals surface area contributed by atoms with E-state index in [9.17, 15) is 9.59 Å². The van der Waals surface area contributed by atoms with Crippen LogP contribution in [0.2, 0.25) is 0 Å². The van der Waals surface area contributed by atoms with E-state index in [1.807, 2.05) is 18.2 Å². The number of esters is 2. The second kappa shape index (κ2) is 6.59. The van der Waals surface area contributed by atoms with Gasteiger partial charge in [0.1, 0.15) is 11.5 Å². The Morgan fingerprint density at radius 3 is 2.17 bits per heavy atom. The van der Waals surface area contributed by atoms with Crippen molar-refractivity contribution in [3.05, 3.63) is 41.7 Å². The van der Waals surface area contributed by atoms with Gasteiger partial charge in [-0.2, -0.15) is 0 Å². The second-order valence-electron chi connectivity index (χ2n) is 3.85. The number of rotatable bonds is 4. The van der Waals surface area contributed by atoms with Crippen LogP contribution in [-0.2, 0) is 20.7 Å². The monoisotopic (exact) mass is 248 g/mol. The summed E-state index contributed by atoms with van der Waals surface area (Å²) in [6.45, 7) is 4.46. The van der Waals surface area contributed by atoms with Crippen molar-refractivity contribution >= 4 is 11.9 Å². The first-order valence-corrected chi connectivity index (χ1v) is 5.60. The van der Waals surface area contributed by atoms with Crippen molar-refractivity contribution in [1.82, 2.24) is 0 Å². The van der Waals surface area contributed by atoms with Crippen LogP contribution < -0.4 is 4.74 Å². The highest BCUT2D eigenvalue weighted by Crippen LogP contribution is 2.13.